The largest absolute Gasteiger partial charge is 0.378 e. The molecule has 22 heavy (non-hydrogen) atoms. The second kappa shape index (κ2) is 5.84. The van der Waals surface area contributed by atoms with Gasteiger partial charge >= 0.3 is 0 Å². The SMILES string of the molecule is CC(=O)N1c2ccccc2C(Nc2cccc(C)c2)CC1C. The number of benzene rings is 2. The zero-order chi connectivity index (χ0) is 15.7. The lowest BCUT2D eigenvalue weighted by Crippen LogP contribution is -2.43. The van der Waals surface area contributed by atoms with Crippen molar-refractivity contribution < 1.29 is 4.79 Å². The number of rotatable bonds is 2. The van der Waals surface area contributed by atoms with Crippen LogP contribution in [0.4, 0.5) is 11.4 Å². The average molecular weight is 294 g/mol. The van der Waals surface area contributed by atoms with Crippen molar-refractivity contribution in [1.29, 1.82) is 0 Å². The summed E-state index contributed by atoms with van der Waals surface area (Å²) in [6.45, 7) is 5.85. The van der Waals surface area contributed by atoms with Crippen LogP contribution in [0.3, 0.4) is 0 Å². The van der Waals surface area contributed by atoms with Crippen LogP contribution in [0.2, 0.25) is 0 Å². The molecule has 114 valence electrons. The molecule has 0 fully saturated rings. The van der Waals surface area contributed by atoms with Crippen molar-refractivity contribution in [2.75, 3.05) is 10.2 Å². The number of carbonyl (C=O) groups excluding carboxylic acids is 1. The number of hydrogen-bond donors (Lipinski definition) is 1. The normalized spacial score (nSPS) is 20.4. The summed E-state index contributed by atoms with van der Waals surface area (Å²) in [5.74, 6) is 0.106. The molecule has 2 aromatic rings. The van der Waals surface area contributed by atoms with Gasteiger partial charge in [-0.2, -0.15) is 0 Å². The summed E-state index contributed by atoms with van der Waals surface area (Å²) in [6.07, 6.45) is 0.907. The van der Waals surface area contributed by atoms with E-state index < -0.39 is 0 Å². The Labute approximate surface area is 132 Å². The van der Waals surface area contributed by atoms with E-state index in [1.54, 1.807) is 6.92 Å². The minimum atomic E-state index is 0.106. The molecule has 3 nitrogen and oxygen atoms in total. The first-order valence-electron chi connectivity index (χ1n) is 7.78. The maximum atomic E-state index is 12.0. The van der Waals surface area contributed by atoms with Crippen LogP contribution in [-0.2, 0) is 4.79 Å². The number of aryl methyl sites for hydroxylation is 1. The first-order chi connectivity index (χ1) is 10.6. The second-order valence-corrected chi connectivity index (χ2v) is 6.10. The Morgan fingerprint density at radius 2 is 1.95 bits per heavy atom. The van der Waals surface area contributed by atoms with Crippen molar-refractivity contribution in [3.8, 4) is 0 Å². The van der Waals surface area contributed by atoms with E-state index in [-0.39, 0.29) is 18.0 Å². The smallest absolute Gasteiger partial charge is 0.224 e. The van der Waals surface area contributed by atoms with Gasteiger partial charge in [0.15, 0.2) is 0 Å². The highest BCUT2D eigenvalue weighted by atomic mass is 16.2. The standard InChI is InChI=1S/C19H22N2O/c1-13-7-6-8-16(11-13)20-18-12-14(2)21(15(3)22)19-10-5-4-9-17(18)19/h4-11,14,18,20H,12H2,1-3H3. The highest BCUT2D eigenvalue weighted by Crippen LogP contribution is 2.38. The van der Waals surface area contributed by atoms with Crippen LogP contribution in [-0.4, -0.2) is 11.9 Å². The molecule has 2 atom stereocenters. The van der Waals surface area contributed by atoms with Gasteiger partial charge in [0, 0.05) is 24.3 Å². The van der Waals surface area contributed by atoms with Crippen LogP contribution < -0.4 is 10.2 Å². The van der Waals surface area contributed by atoms with Crippen molar-refractivity contribution in [3.63, 3.8) is 0 Å². The Bertz CT molecular complexity index is 695. The van der Waals surface area contributed by atoms with E-state index in [0.29, 0.717) is 0 Å². The van der Waals surface area contributed by atoms with Crippen molar-refractivity contribution in [3.05, 3.63) is 59.7 Å². The van der Waals surface area contributed by atoms with Crippen molar-refractivity contribution in [1.82, 2.24) is 0 Å². The van der Waals surface area contributed by atoms with Gasteiger partial charge in [-0.15, -0.1) is 0 Å². The molecule has 0 spiro atoms. The van der Waals surface area contributed by atoms with Crippen LogP contribution >= 0.6 is 0 Å². The third-order valence-corrected chi connectivity index (χ3v) is 4.29. The van der Waals surface area contributed by atoms with Crippen LogP contribution in [0.1, 0.15) is 37.4 Å². The van der Waals surface area contributed by atoms with Crippen LogP contribution in [0.5, 0.6) is 0 Å². The Balaban J connectivity index is 1.96. The van der Waals surface area contributed by atoms with Gasteiger partial charge in [0.1, 0.15) is 0 Å². The Kier molecular flexibility index (Phi) is 3.88. The number of anilines is 2. The van der Waals surface area contributed by atoms with Crippen molar-refractivity contribution in [2.24, 2.45) is 0 Å². The number of amides is 1. The number of nitrogens with zero attached hydrogens (tertiary/aromatic N) is 1. The van der Waals surface area contributed by atoms with Gasteiger partial charge in [-0.05, 0) is 49.6 Å². The minimum absolute atomic E-state index is 0.106. The van der Waals surface area contributed by atoms with Gasteiger partial charge in [0.25, 0.3) is 0 Å². The van der Waals surface area contributed by atoms with E-state index in [2.05, 4.69) is 49.5 Å². The number of para-hydroxylation sites is 1. The van der Waals surface area contributed by atoms with E-state index in [0.717, 1.165) is 17.8 Å². The Hall–Kier alpha value is -2.29. The molecule has 0 saturated heterocycles. The molecular weight excluding hydrogens is 272 g/mol. The molecule has 0 bridgehead atoms. The fraction of sp³-hybridized carbons (Fsp3) is 0.316. The highest BCUT2D eigenvalue weighted by Gasteiger charge is 2.31. The Morgan fingerprint density at radius 3 is 2.68 bits per heavy atom. The molecule has 2 aromatic carbocycles. The Morgan fingerprint density at radius 1 is 1.18 bits per heavy atom. The summed E-state index contributed by atoms with van der Waals surface area (Å²) in [7, 11) is 0. The quantitative estimate of drug-likeness (QED) is 0.896. The molecular formula is C19H22N2O. The monoisotopic (exact) mass is 294 g/mol. The first kappa shape index (κ1) is 14.6. The molecule has 1 heterocycles. The van der Waals surface area contributed by atoms with E-state index in [9.17, 15) is 4.79 Å². The highest BCUT2D eigenvalue weighted by molar-refractivity contribution is 5.93. The van der Waals surface area contributed by atoms with Crippen molar-refractivity contribution >= 4 is 17.3 Å². The number of carbonyl (C=O) groups is 1. The molecule has 1 amide bonds. The summed E-state index contributed by atoms with van der Waals surface area (Å²) in [5, 5.41) is 3.63. The maximum absolute atomic E-state index is 12.0. The molecule has 3 rings (SSSR count). The van der Waals surface area contributed by atoms with Crippen LogP contribution in [0, 0.1) is 6.92 Å². The molecule has 1 N–H and O–H groups in total. The van der Waals surface area contributed by atoms with E-state index in [4.69, 9.17) is 0 Å². The molecule has 1 aliphatic heterocycles. The van der Waals surface area contributed by atoms with Gasteiger partial charge in [-0.25, -0.2) is 0 Å². The minimum Gasteiger partial charge on any atom is -0.378 e. The zero-order valence-corrected chi connectivity index (χ0v) is 13.3. The van der Waals surface area contributed by atoms with Crippen LogP contribution in [0.25, 0.3) is 0 Å². The number of hydrogen-bond acceptors (Lipinski definition) is 2. The molecule has 3 heteroatoms. The summed E-state index contributed by atoms with van der Waals surface area (Å²) < 4.78 is 0. The third-order valence-electron chi connectivity index (χ3n) is 4.29. The molecule has 0 aliphatic carbocycles. The second-order valence-electron chi connectivity index (χ2n) is 6.10. The zero-order valence-electron chi connectivity index (χ0n) is 13.3. The molecule has 2 unspecified atom stereocenters. The van der Waals surface area contributed by atoms with Crippen molar-refractivity contribution in [2.45, 2.75) is 39.3 Å². The predicted octanol–water partition coefficient (Wildman–Crippen LogP) is 4.29. The molecule has 0 saturated carbocycles. The van der Waals surface area contributed by atoms with E-state index >= 15 is 0 Å². The maximum Gasteiger partial charge on any atom is 0.224 e. The van der Waals surface area contributed by atoms with Crippen LogP contribution in [0.15, 0.2) is 48.5 Å². The predicted molar refractivity (Wildman–Crippen MR) is 91.2 cm³/mol. The summed E-state index contributed by atoms with van der Waals surface area (Å²) in [5.41, 5.74) is 4.59. The topological polar surface area (TPSA) is 32.3 Å². The number of fused-ring (bicyclic) bond motifs is 1. The lowest BCUT2D eigenvalue weighted by atomic mass is 9.91. The third kappa shape index (κ3) is 2.71. The van der Waals surface area contributed by atoms with Gasteiger partial charge in [0.2, 0.25) is 5.91 Å². The van der Waals surface area contributed by atoms with Gasteiger partial charge in [0.05, 0.1) is 6.04 Å². The van der Waals surface area contributed by atoms with Gasteiger partial charge in [-0.3, -0.25) is 4.79 Å². The van der Waals surface area contributed by atoms with E-state index in [1.807, 2.05) is 23.1 Å². The summed E-state index contributed by atoms with van der Waals surface area (Å²) >= 11 is 0. The molecule has 0 aromatic heterocycles. The summed E-state index contributed by atoms with van der Waals surface area (Å²) in [4.78, 5) is 13.9. The average Bonchev–Trinajstić information content (AvgIpc) is 2.47. The van der Waals surface area contributed by atoms with E-state index in [1.165, 1.54) is 11.1 Å². The lowest BCUT2D eigenvalue weighted by Gasteiger charge is -2.39. The lowest BCUT2D eigenvalue weighted by molar-refractivity contribution is -0.117. The van der Waals surface area contributed by atoms with Gasteiger partial charge < -0.3 is 10.2 Å². The number of nitrogens with one attached hydrogen (secondary N) is 1. The fourth-order valence-corrected chi connectivity index (χ4v) is 3.37. The molecule has 0 radical (unpaired) electrons. The fourth-order valence-electron chi connectivity index (χ4n) is 3.37. The summed E-state index contributed by atoms with van der Waals surface area (Å²) in [6, 6.07) is 17.0. The van der Waals surface area contributed by atoms with Gasteiger partial charge in [-0.1, -0.05) is 30.3 Å². The first-order valence-corrected chi connectivity index (χ1v) is 7.78. The molecule has 1 aliphatic rings.